The van der Waals surface area contributed by atoms with Crippen LogP contribution in [-0.4, -0.2) is 10.6 Å². The monoisotopic (exact) mass is 892 g/mol. The molecule has 13 rings (SSSR count). The van der Waals surface area contributed by atoms with E-state index < -0.39 is 0 Å². The Morgan fingerprint density at radius 3 is 1.74 bits per heavy atom. The van der Waals surface area contributed by atoms with Gasteiger partial charge in [-0.2, -0.15) is 0 Å². The fraction of sp³-hybridized carbons (Fsp3) is 0.0294. The number of benzene rings is 11. The maximum atomic E-state index is 2.62. The molecular weight excluding hydrogens is 845 g/mol. The Labute approximate surface area is 409 Å². The van der Waals surface area contributed by atoms with E-state index in [0.29, 0.717) is 0 Å². The van der Waals surface area contributed by atoms with Gasteiger partial charge in [0.05, 0.1) is 17.1 Å². The molecule has 1 aromatic heterocycles. The van der Waals surface area contributed by atoms with Crippen molar-refractivity contribution in [2.75, 3.05) is 4.90 Å². The van der Waals surface area contributed by atoms with E-state index in [0.717, 1.165) is 17.1 Å². The lowest BCUT2D eigenvalue weighted by Crippen LogP contribution is -2.35. The van der Waals surface area contributed by atoms with E-state index in [4.69, 9.17) is 0 Å². The summed E-state index contributed by atoms with van der Waals surface area (Å²) < 4.78 is 2.46. The molecule has 0 N–H and O–H groups in total. The minimum Gasteiger partial charge on any atom is -0.333 e. The molecule has 0 fully saturated rings. The van der Waals surface area contributed by atoms with E-state index in [9.17, 15) is 0 Å². The molecule has 330 valence electrons. The number of fused-ring (bicyclic) bond motifs is 5. The average molecular weight is 893 g/mol. The lowest BCUT2D eigenvalue weighted by atomic mass is 9.85. The van der Waals surface area contributed by atoms with Crippen molar-refractivity contribution in [1.82, 2.24) is 4.57 Å². The van der Waals surface area contributed by atoms with Gasteiger partial charge in [0.1, 0.15) is 0 Å². The second-order valence-corrected chi connectivity index (χ2v) is 18.4. The van der Waals surface area contributed by atoms with Gasteiger partial charge in [0, 0.05) is 39.3 Å². The van der Waals surface area contributed by atoms with E-state index in [1.165, 1.54) is 93.4 Å². The van der Waals surface area contributed by atoms with E-state index in [1.807, 2.05) is 0 Å². The van der Waals surface area contributed by atoms with Crippen molar-refractivity contribution in [2.45, 2.75) is 12.0 Å². The molecule has 2 nitrogen and oxygen atoms in total. The van der Waals surface area contributed by atoms with Crippen molar-refractivity contribution in [3.8, 4) is 50.2 Å². The second kappa shape index (κ2) is 17.6. The second-order valence-electron chi connectivity index (χ2n) is 18.4. The van der Waals surface area contributed by atoms with Crippen LogP contribution in [0.15, 0.2) is 279 Å². The molecule has 0 amide bonds. The number of rotatable bonds is 9. The van der Waals surface area contributed by atoms with Gasteiger partial charge in [-0.15, -0.1) is 0 Å². The molecule has 1 heterocycles. The van der Waals surface area contributed by atoms with Gasteiger partial charge in [-0.25, -0.2) is 0 Å². The molecule has 2 atom stereocenters. The van der Waals surface area contributed by atoms with Crippen molar-refractivity contribution < 1.29 is 0 Å². The molecule has 12 aromatic rings. The van der Waals surface area contributed by atoms with E-state index in [1.54, 1.807) is 0 Å². The topological polar surface area (TPSA) is 8.17 Å². The van der Waals surface area contributed by atoms with Crippen molar-refractivity contribution in [3.05, 3.63) is 285 Å². The van der Waals surface area contributed by atoms with Gasteiger partial charge < -0.3 is 9.47 Å². The highest BCUT2D eigenvalue weighted by Crippen LogP contribution is 2.47. The van der Waals surface area contributed by atoms with Gasteiger partial charge in [-0.1, -0.05) is 224 Å². The summed E-state index contributed by atoms with van der Waals surface area (Å²) in [6.45, 7) is 0. The Morgan fingerprint density at radius 2 is 0.957 bits per heavy atom. The Balaban J connectivity index is 1.04. The van der Waals surface area contributed by atoms with Crippen LogP contribution < -0.4 is 4.90 Å². The Hall–Kier alpha value is -8.98. The Kier molecular flexibility index (Phi) is 10.4. The molecule has 0 radical (unpaired) electrons. The lowest BCUT2D eigenvalue weighted by molar-refractivity contribution is 0.690. The van der Waals surface area contributed by atoms with Gasteiger partial charge in [0.2, 0.25) is 0 Å². The minimum atomic E-state index is -0.102. The minimum absolute atomic E-state index is 0.00824. The first-order valence-electron chi connectivity index (χ1n) is 24.3. The third-order valence-corrected chi connectivity index (χ3v) is 14.4. The van der Waals surface area contributed by atoms with Crippen LogP contribution in [0.2, 0.25) is 0 Å². The molecule has 11 aromatic carbocycles. The lowest BCUT2D eigenvalue weighted by Gasteiger charge is -2.39. The predicted octanol–water partition coefficient (Wildman–Crippen LogP) is 18.2. The van der Waals surface area contributed by atoms with Crippen LogP contribution in [0.3, 0.4) is 0 Å². The SMILES string of the molecule is C1=CC(c2cccc(-n3c4ccccc4c4cc5ccccc5cc43)c2)C(N(c2ccc(-c3ccccc3)c(-c3cccc4ccccc34)c2)c2ccc(-c3ccccc3)cc2-c2ccccc2)C=C1. The van der Waals surface area contributed by atoms with Crippen molar-refractivity contribution in [3.63, 3.8) is 0 Å². The van der Waals surface area contributed by atoms with Crippen LogP contribution in [0, 0.1) is 0 Å². The van der Waals surface area contributed by atoms with Crippen molar-refractivity contribution in [1.29, 1.82) is 0 Å². The number of hydrogen-bond acceptors (Lipinski definition) is 1. The molecule has 2 unspecified atom stereocenters. The first-order valence-corrected chi connectivity index (χ1v) is 24.3. The highest BCUT2D eigenvalue weighted by molar-refractivity contribution is 6.13. The summed E-state index contributed by atoms with van der Waals surface area (Å²) in [7, 11) is 0. The summed E-state index contributed by atoms with van der Waals surface area (Å²) in [5.41, 5.74) is 16.6. The number of allylic oxidation sites excluding steroid dienone is 2. The molecule has 2 heteroatoms. The summed E-state index contributed by atoms with van der Waals surface area (Å²) >= 11 is 0. The zero-order chi connectivity index (χ0) is 46.4. The quantitative estimate of drug-likeness (QED) is 0.140. The van der Waals surface area contributed by atoms with Gasteiger partial charge in [0.15, 0.2) is 0 Å². The van der Waals surface area contributed by atoms with Crippen LogP contribution in [-0.2, 0) is 0 Å². The summed E-state index contributed by atoms with van der Waals surface area (Å²) in [4.78, 5) is 2.62. The van der Waals surface area contributed by atoms with Crippen molar-refractivity contribution >= 4 is 54.7 Å². The molecule has 1 aliphatic carbocycles. The van der Waals surface area contributed by atoms with Crippen LogP contribution in [0.5, 0.6) is 0 Å². The standard InChI is InChI=1S/C68H48N2/c1-4-20-47(21-5-1)53-38-41-67(62(43-53)50-24-8-3-9-25-50)69(56-39-40-58(48-22-6-2-7-23-48)63(46-56)60-35-19-29-49-26-12-13-32-57(49)60)65-36-16-14-33-59(65)54-30-18-31-55(42-54)70-66-37-17-15-34-61(66)64-44-51-27-10-11-28-52(51)45-68(64)70/h1-46,59,65H. The smallest absolute Gasteiger partial charge is 0.0628 e. The fourth-order valence-corrected chi connectivity index (χ4v) is 11.1. The summed E-state index contributed by atoms with van der Waals surface area (Å²) in [5, 5.41) is 7.46. The van der Waals surface area contributed by atoms with Gasteiger partial charge in [-0.3, -0.25) is 0 Å². The predicted molar refractivity (Wildman–Crippen MR) is 297 cm³/mol. The van der Waals surface area contributed by atoms with Crippen LogP contribution >= 0.6 is 0 Å². The Bertz CT molecular complexity index is 3950. The molecular formula is C68H48N2. The number of hydrogen-bond donors (Lipinski definition) is 0. The van der Waals surface area contributed by atoms with Crippen LogP contribution in [0.4, 0.5) is 11.4 Å². The Morgan fingerprint density at radius 1 is 0.329 bits per heavy atom. The average Bonchev–Trinajstić information content (AvgIpc) is 3.76. The maximum absolute atomic E-state index is 2.62. The summed E-state index contributed by atoms with van der Waals surface area (Å²) in [5.74, 6) is -0.00824. The normalized spacial score (nSPS) is 14.5. The zero-order valence-corrected chi connectivity index (χ0v) is 38.6. The number of nitrogens with zero attached hydrogens (tertiary/aromatic N) is 2. The molecule has 0 aliphatic heterocycles. The van der Waals surface area contributed by atoms with E-state index in [2.05, 4.69) is 289 Å². The third-order valence-electron chi connectivity index (χ3n) is 14.4. The first kappa shape index (κ1) is 41.2. The zero-order valence-electron chi connectivity index (χ0n) is 38.6. The maximum Gasteiger partial charge on any atom is 0.0628 e. The summed E-state index contributed by atoms with van der Waals surface area (Å²) in [6, 6.07) is 93.6. The largest absolute Gasteiger partial charge is 0.333 e. The van der Waals surface area contributed by atoms with Crippen LogP contribution in [0.1, 0.15) is 11.5 Å². The summed E-state index contributed by atoms with van der Waals surface area (Å²) in [6.07, 6.45) is 9.28. The molecule has 0 saturated heterocycles. The molecule has 0 bridgehead atoms. The third kappa shape index (κ3) is 7.30. The molecule has 0 spiro atoms. The van der Waals surface area contributed by atoms with Gasteiger partial charge >= 0.3 is 0 Å². The van der Waals surface area contributed by atoms with Gasteiger partial charge in [0.25, 0.3) is 0 Å². The van der Waals surface area contributed by atoms with Crippen LogP contribution in [0.25, 0.3) is 93.5 Å². The number of para-hydroxylation sites is 1. The fourth-order valence-electron chi connectivity index (χ4n) is 11.1. The molecule has 0 saturated carbocycles. The van der Waals surface area contributed by atoms with Gasteiger partial charge in [-0.05, 0) is 121 Å². The van der Waals surface area contributed by atoms with E-state index in [-0.39, 0.29) is 12.0 Å². The molecule has 1 aliphatic rings. The number of anilines is 2. The van der Waals surface area contributed by atoms with Crippen molar-refractivity contribution in [2.24, 2.45) is 0 Å². The first-order chi connectivity index (χ1) is 34.7. The number of aromatic nitrogens is 1. The molecule has 70 heavy (non-hydrogen) atoms. The van der Waals surface area contributed by atoms with E-state index >= 15 is 0 Å². The highest BCUT2D eigenvalue weighted by Gasteiger charge is 2.31. The highest BCUT2D eigenvalue weighted by atomic mass is 15.2.